The van der Waals surface area contributed by atoms with Gasteiger partial charge in [-0.15, -0.1) is 0 Å². The number of nitrogens with one attached hydrogen (secondary N) is 2. The molecule has 0 radical (unpaired) electrons. The van der Waals surface area contributed by atoms with Crippen LogP contribution >= 0.6 is 11.6 Å². The molecule has 0 aliphatic carbocycles. The Bertz CT molecular complexity index is 581. The van der Waals surface area contributed by atoms with Gasteiger partial charge >= 0.3 is 0 Å². The lowest BCUT2D eigenvalue weighted by molar-refractivity contribution is 1.02. The van der Waals surface area contributed by atoms with E-state index in [4.69, 9.17) is 17.4 Å². The number of hydrogen-bond acceptors (Lipinski definition) is 2. The highest BCUT2D eigenvalue weighted by Crippen LogP contribution is 2.25. The molecular formula is C14H15ClN4. The van der Waals surface area contributed by atoms with Crippen LogP contribution in [0.3, 0.4) is 0 Å². The molecule has 5 heteroatoms. The summed E-state index contributed by atoms with van der Waals surface area (Å²) in [6.45, 7) is 1.98. The molecule has 0 amide bonds. The Morgan fingerprint density at radius 2 is 1.89 bits per heavy atom. The first-order valence-electron chi connectivity index (χ1n) is 5.82. The largest absolute Gasteiger partial charge is 0.325 e. The minimum absolute atomic E-state index is 0.428. The van der Waals surface area contributed by atoms with Gasteiger partial charge in [-0.3, -0.25) is 5.43 Å². The number of rotatable bonds is 2. The molecule has 0 unspecified atom stereocenters. The number of benzene rings is 2. The van der Waals surface area contributed by atoms with Crippen LogP contribution in [0.4, 0.5) is 11.4 Å². The highest BCUT2D eigenvalue weighted by atomic mass is 35.5. The molecule has 0 bridgehead atoms. The van der Waals surface area contributed by atoms with E-state index in [1.807, 2.05) is 55.5 Å². The van der Waals surface area contributed by atoms with Crippen molar-refractivity contribution in [3.8, 4) is 0 Å². The van der Waals surface area contributed by atoms with Gasteiger partial charge in [0.2, 0.25) is 5.96 Å². The molecule has 0 aromatic heterocycles. The monoisotopic (exact) mass is 274 g/mol. The third kappa shape index (κ3) is 3.71. The molecule has 0 heterocycles. The van der Waals surface area contributed by atoms with E-state index in [1.54, 1.807) is 0 Å². The van der Waals surface area contributed by atoms with Crippen LogP contribution in [-0.4, -0.2) is 5.96 Å². The van der Waals surface area contributed by atoms with Crippen LogP contribution in [0.1, 0.15) is 5.56 Å². The van der Waals surface area contributed by atoms with Crippen molar-refractivity contribution < 1.29 is 0 Å². The van der Waals surface area contributed by atoms with Gasteiger partial charge in [-0.05, 0) is 36.8 Å². The summed E-state index contributed by atoms with van der Waals surface area (Å²) in [5, 5.41) is 3.66. The molecule has 0 fully saturated rings. The molecule has 19 heavy (non-hydrogen) atoms. The number of nitrogens with two attached hydrogens (primary N) is 1. The number of hydrazine groups is 1. The summed E-state index contributed by atoms with van der Waals surface area (Å²) >= 11 is 6.13. The molecule has 4 N–H and O–H groups in total. The lowest BCUT2D eigenvalue weighted by atomic mass is 10.2. The molecule has 0 aliphatic heterocycles. The number of para-hydroxylation sites is 1. The van der Waals surface area contributed by atoms with Crippen molar-refractivity contribution in [2.24, 2.45) is 10.8 Å². The van der Waals surface area contributed by atoms with E-state index in [2.05, 4.69) is 15.7 Å². The minimum atomic E-state index is 0.428. The second-order valence-corrected chi connectivity index (χ2v) is 4.46. The Balaban J connectivity index is 2.23. The van der Waals surface area contributed by atoms with Crippen molar-refractivity contribution in [1.29, 1.82) is 0 Å². The maximum absolute atomic E-state index is 6.13. The second kappa shape index (κ2) is 6.22. The summed E-state index contributed by atoms with van der Waals surface area (Å²) in [7, 11) is 0. The van der Waals surface area contributed by atoms with Crippen molar-refractivity contribution >= 4 is 28.9 Å². The fraction of sp³-hybridized carbons (Fsp3) is 0.0714. The Morgan fingerprint density at radius 3 is 2.53 bits per heavy atom. The summed E-state index contributed by atoms with van der Waals surface area (Å²) in [6.07, 6.45) is 0. The van der Waals surface area contributed by atoms with Gasteiger partial charge in [0.15, 0.2) is 0 Å². The van der Waals surface area contributed by atoms with Crippen molar-refractivity contribution in [2.45, 2.75) is 6.92 Å². The lowest BCUT2D eigenvalue weighted by Gasteiger charge is -2.09. The number of anilines is 1. The first-order valence-corrected chi connectivity index (χ1v) is 6.20. The summed E-state index contributed by atoms with van der Waals surface area (Å²) in [5.74, 6) is 5.89. The quantitative estimate of drug-likeness (QED) is 0.341. The van der Waals surface area contributed by atoms with E-state index in [0.717, 1.165) is 11.3 Å². The highest BCUT2D eigenvalue weighted by Gasteiger charge is 2.02. The third-order valence-electron chi connectivity index (χ3n) is 2.51. The second-order valence-electron chi connectivity index (χ2n) is 4.05. The molecule has 4 nitrogen and oxygen atoms in total. The van der Waals surface area contributed by atoms with E-state index >= 15 is 0 Å². The standard InChI is InChI=1S/C14H15ClN4/c1-10-7-8-13(12(15)9-10)18-14(19-16)17-11-5-3-2-4-6-11/h2-9H,16H2,1H3,(H2,17,18,19). The SMILES string of the molecule is Cc1ccc(N=C(NN)Nc2ccccc2)c(Cl)c1. The zero-order valence-corrected chi connectivity index (χ0v) is 11.3. The predicted molar refractivity (Wildman–Crippen MR) is 80.7 cm³/mol. The maximum atomic E-state index is 6.13. The maximum Gasteiger partial charge on any atom is 0.215 e. The van der Waals surface area contributed by atoms with Gasteiger partial charge in [0.05, 0.1) is 10.7 Å². The molecule has 0 atom stereocenters. The first-order chi connectivity index (χ1) is 9.19. The Kier molecular flexibility index (Phi) is 4.39. The molecule has 0 aliphatic rings. The lowest BCUT2D eigenvalue weighted by Crippen LogP contribution is -2.35. The highest BCUT2D eigenvalue weighted by molar-refractivity contribution is 6.33. The van der Waals surface area contributed by atoms with Gasteiger partial charge in [-0.2, -0.15) is 0 Å². The molecule has 2 aromatic carbocycles. The van der Waals surface area contributed by atoms with Gasteiger partial charge in [0, 0.05) is 5.69 Å². The third-order valence-corrected chi connectivity index (χ3v) is 2.81. The summed E-state index contributed by atoms with van der Waals surface area (Å²) in [4.78, 5) is 4.35. The zero-order valence-electron chi connectivity index (χ0n) is 10.5. The smallest absolute Gasteiger partial charge is 0.215 e. The Labute approximate surface area is 117 Å². The normalized spacial score (nSPS) is 11.2. The molecule has 98 valence electrons. The number of aryl methyl sites for hydroxylation is 1. The summed E-state index contributed by atoms with van der Waals surface area (Å²) in [6, 6.07) is 15.3. The Morgan fingerprint density at radius 1 is 1.16 bits per heavy atom. The first kappa shape index (κ1) is 13.4. The zero-order chi connectivity index (χ0) is 13.7. The van der Waals surface area contributed by atoms with Gasteiger partial charge in [-0.25, -0.2) is 10.8 Å². The molecular weight excluding hydrogens is 260 g/mol. The van der Waals surface area contributed by atoms with Gasteiger partial charge < -0.3 is 5.32 Å². The van der Waals surface area contributed by atoms with Gasteiger partial charge in [0.25, 0.3) is 0 Å². The van der Waals surface area contributed by atoms with Crippen LogP contribution in [0.25, 0.3) is 0 Å². The Hall–Kier alpha value is -2.04. The fourth-order valence-electron chi connectivity index (χ4n) is 1.58. The van der Waals surface area contributed by atoms with Crippen molar-refractivity contribution in [2.75, 3.05) is 5.32 Å². The number of guanidine groups is 1. The molecule has 0 saturated carbocycles. The van der Waals surface area contributed by atoms with Crippen LogP contribution < -0.4 is 16.6 Å². The number of halogens is 1. The number of hydrogen-bond donors (Lipinski definition) is 3. The number of nitrogens with zero attached hydrogens (tertiary/aromatic N) is 1. The fourth-order valence-corrected chi connectivity index (χ4v) is 1.85. The predicted octanol–water partition coefficient (Wildman–Crippen LogP) is 3.21. The number of aliphatic imine (C=N–C) groups is 1. The minimum Gasteiger partial charge on any atom is -0.325 e. The van der Waals surface area contributed by atoms with Crippen molar-refractivity contribution in [1.82, 2.24) is 5.43 Å². The van der Waals surface area contributed by atoms with Crippen LogP contribution in [0.15, 0.2) is 53.5 Å². The van der Waals surface area contributed by atoms with Crippen LogP contribution in [0, 0.1) is 6.92 Å². The van der Waals surface area contributed by atoms with Crippen molar-refractivity contribution in [3.63, 3.8) is 0 Å². The summed E-state index contributed by atoms with van der Waals surface area (Å²) in [5.41, 5.74) is 5.15. The van der Waals surface area contributed by atoms with Crippen molar-refractivity contribution in [3.05, 3.63) is 59.1 Å². The van der Waals surface area contributed by atoms with Gasteiger partial charge in [-0.1, -0.05) is 35.9 Å². The molecule has 2 rings (SSSR count). The molecule has 0 saturated heterocycles. The van der Waals surface area contributed by atoms with Crippen LogP contribution in [0.5, 0.6) is 0 Å². The van der Waals surface area contributed by atoms with E-state index in [-0.39, 0.29) is 0 Å². The van der Waals surface area contributed by atoms with Gasteiger partial charge in [0.1, 0.15) is 0 Å². The molecule has 0 spiro atoms. The van der Waals surface area contributed by atoms with Crippen LogP contribution in [0.2, 0.25) is 5.02 Å². The van der Waals surface area contributed by atoms with Crippen LogP contribution in [-0.2, 0) is 0 Å². The van der Waals surface area contributed by atoms with E-state index < -0.39 is 0 Å². The van der Waals surface area contributed by atoms with E-state index in [0.29, 0.717) is 16.7 Å². The molecule has 2 aromatic rings. The topological polar surface area (TPSA) is 62.4 Å². The average molecular weight is 275 g/mol. The van der Waals surface area contributed by atoms with E-state index in [1.165, 1.54) is 0 Å². The summed E-state index contributed by atoms with van der Waals surface area (Å²) < 4.78 is 0. The average Bonchev–Trinajstić information content (AvgIpc) is 2.42. The van der Waals surface area contributed by atoms with E-state index in [9.17, 15) is 0 Å².